The molecule has 1 heterocycles. The van der Waals surface area contributed by atoms with Gasteiger partial charge in [-0.1, -0.05) is 11.6 Å². The Morgan fingerprint density at radius 2 is 2.06 bits per heavy atom. The van der Waals surface area contributed by atoms with Crippen LogP contribution < -0.4 is 20.8 Å². The quantitative estimate of drug-likeness (QED) is 0.346. The van der Waals surface area contributed by atoms with Crippen molar-refractivity contribution in [2.24, 2.45) is 0 Å². The second-order valence-electron chi connectivity index (χ2n) is 9.81. The van der Waals surface area contributed by atoms with Gasteiger partial charge in [-0.2, -0.15) is 0 Å². The van der Waals surface area contributed by atoms with Crippen molar-refractivity contribution in [1.82, 2.24) is 21.1 Å². The van der Waals surface area contributed by atoms with Gasteiger partial charge >= 0.3 is 5.97 Å². The highest BCUT2D eigenvalue weighted by molar-refractivity contribution is 6.30. The lowest BCUT2D eigenvalue weighted by atomic mass is 9.60. The van der Waals surface area contributed by atoms with Crippen LogP contribution in [0.2, 0.25) is 5.02 Å². The van der Waals surface area contributed by atoms with Crippen molar-refractivity contribution in [1.29, 1.82) is 0 Å². The second kappa shape index (κ2) is 9.94. The Morgan fingerprint density at radius 1 is 1.32 bits per heavy atom. The number of carbonyl (C=O) groups excluding carboxylic acids is 1. The summed E-state index contributed by atoms with van der Waals surface area (Å²) in [5, 5.41) is 28.6. The highest BCUT2D eigenvalue weighted by Gasteiger charge is 2.54. The molecule has 0 aromatic heterocycles. The summed E-state index contributed by atoms with van der Waals surface area (Å²) in [6, 6.07) is 3.57. The molecule has 0 spiro atoms. The van der Waals surface area contributed by atoms with Crippen LogP contribution in [0, 0.1) is 5.82 Å². The number of fused-ring (bicyclic) bond motifs is 3. The number of rotatable bonds is 9. The van der Waals surface area contributed by atoms with Crippen LogP contribution in [0.25, 0.3) is 0 Å². The maximum atomic E-state index is 13.5. The molecule has 1 amide bonds. The lowest BCUT2D eigenvalue weighted by Crippen LogP contribution is -2.70. The minimum atomic E-state index is -0.837. The molecular weight excluding hydrogens is 467 g/mol. The minimum Gasteiger partial charge on any atom is -0.484 e. The molecule has 1 aliphatic heterocycles. The Kier molecular flexibility index (Phi) is 7.35. The number of aliphatic carboxylic acids is 1. The molecule has 2 unspecified atom stereocenters. The zero-order valence-corrected chi connectivity index (χ0v) is 19.9. The van der Waals surface area contributed by atoms with E-state index in [0.717, 1.165) is 18.9 Å². The van der Waals surface area contributed by atoms with E-state index in [4.69, 9.17) is 16.3 Å². The number of aliphatic hydroxyl groups is 1. The molecule has 11 heteroatoms. The smallest absolute Gasteiger partial charge is 0.322 e. The largest absolute Gasteiger partial charge is 0.484 e. The summed E-state index contributed by atoms with van der Waals surface area (Å²) in [7, 11) is 0. The molecule has 3 atom stereocenters. The summed E-state index contributed by atoms with van der Waals surface area (Å²) in [4.78, 5) is 24.0. The summed E-state index contributed by atoms with van der Waals surface area (Å²) in [5.41, 5.74) is 2.27. The van der Waals surface area contributed by atoms with E-state index in [1.807, 2.05) is 6.92 Å². The number of hydrazine groups is 1. The third-order valence-corrected chi connectivity index (χ3v) is 7.75. The van der Waals surface area contributed by atoms with Crippen molar-refractivity contribution in [3.05, 3.63) is 29.0 Å². The summed E-state index contributed by atoms with van der Waals surface area (Å²) in [6.45, 7) is 2.76. The lowest BCUT2D eigenvalue weighted by Gasteiger charge is -2.56. The standard InChI is InChI=1S/C23H32ClFN4O5/c1-14-10-18(21(32)33)29(28-14)9-8-26-23-6-4-22(5-7-23,12-19(23)30)27-20(31)13-34-15-2-3-16(24)17(25)11-15/h2-3,11,14,18-19,26,28,30H,4-10,12-13H2,1H3,(H,27,31)(H,32,33)/t14?,18?,19-,22?,23?/m0/s1. The van der Waals surface area contributed by atoms with Crippen molar-refractivity contribution >= 4 is 23.5 Å². The number of amides is 1. The Hall–Kier alpha value is -1.98. The fourth-order valence-electron chi connectivity index (χ4n) is 5.56. The van der Waals surface area contributed by atoms with E-state index in [2.05, 4.69) is 16.1 Å². The van der Waals surface area contributed by atoms with Crippen LogP contribution in [-0.4, -0.2) is 76.1 Å². The number of ether oxygens (including phenoxy) is 1. The predicted molar refractivity (Wildman–Crippen MR) is 123 cm³/mol. The molecule has 1 aromatic rings. The molecule has 4 aliphatic rings. The van der Waals surface area contributed by atoms with Gasteiger partial charge in [-0.15, -0.1) is 0 Å². The van der Waals surface area contributed by atoms with Crippen molar-refractivity contribution in [2.45, 2.75) is 74.7 Å². The predicted octanol–water partition coefficient (Wildman–Crippen LogP) is 1.43. The number of carbonyl (C=O) groups is 2. The van der Waals surface area contributed by atoms with E-state index in [1.54, 1.807) is 5.01 Å². The Bertz CT molecular complexity index is 927. The highest BCUT2D eigenvalue weighted by Crippen LogP contribution is 2.47. The topological polar surface area (TPSA) is 123 Å². The SMILES string of the molecule is CC1CC(C(=O)O)N(CCNC23CCC(NC(=O)COc4ccc(Cl)c(F)c4)(CC2)C[C@@H]3O)N1. The third kappa shape index (κ3) is 5.31. The number of hydrogen-bond acceptors (Lipinski definition) is 7. The maximum absolute atomic E-state index is 13.5. The first-order valence-electron chi connectivity index (χ1n) is 11.7. The molecule has 34 heavy (non-hydrogen) atoms. The number of carboxylic acid groups (broad SMARTS) is 1. The fraction of sp³-hybridized carbons (Fsp3) is 0.652. The number of nitrogens with one attached hydrogen (secondary N) is 3. The van der Waals surface area contributed by atoms with Gasteiger partial charge < -0.3 is 25.6 Å². The summed E-state index contributed by atoms with van der Waals surface area (Å²) in [5.74, 6) is -1.55. The Morgan fingerprint density at radius 3 is 2.71 bits per heavy atom. The average molecular weight is 499 g/mol. The molecule has 4 fully saturated rings. The summed E-state index contributed by atoms with van der Waals surface area (Å²) in [6.07, 6.45) is 3.18. The van der Waals surface area contributed by atoms with Gasteiger partial charge in [0.2, 0.25) is 0 Å². The first kappa shape index (κ1) is 25.1. The molecule has 2 bridgehead atoms. The van der Waals surface area contributed by atoms with Crippen LogP contribution in [0.4, 0.5) is 4.39 Å². The minimum absolute atomic E-state index is 0.0147. The van der Waals surface area contributed by atoms with E-state index in [1.165, 1.54) is 12.1 Å². The van der Waals surface area contributed by atoms with Gasteiger partial charge in [0.25, 0.3) is 5.91 Å². The third-order valence-electron chi connectivity index (χ3n) is 7.44. The first-order chi connectivity index (χ1) is 16.1. The highest BCUT2D eigenvalue weighted by atomic mass is 35.5. The number of hydrogen-bond donors (Lipinski definition) is 5. The normalized spacial score (nSPS) is 33.1. The van der Waals surface area contributed by atoms with Gasteiger partial charge in [0.05, 0.1) is 11.1 Å². The van der Waals surface area contributed by atoms with E-state index < -0.39 is 35.0 Å². The number of carboxylic acids is 1. The van der Waals surface area contributed by atoms with Gasteiger partial charge in [-0.05, 0) is 57.6 Å². The van der Waals surface area contributed by atoms with Gasteiger partial charge in [0.15, 0.2) is 6.61 Å². The van der Waals surface area contributed by atoms with Crippen LogP contribution in [0.15, 0.2) is 18.2 Å². The lowest BCUT2D eigenvalue weighted by molar-refractivity contribution is -0.143. The van der Waals surface area contributed by atoms with Gasteiger partial charge in [0, 0.05) is 36.3 Å². The van der Waals surface area contributed by atoms with Crippen molar-refractivity contribution in [3.63, 3.8) is 0 Å². The molecule has 1 aromatic carbocycles. The number of nitrogens with zero attached hydrogens (tertiary/aromatic N) is 1. The van der Waals surface area contributed by atoms with E-state index in [0.29, 0.717) is 38.8 Å². The van der Waals surface area contributed by atoms with Gasteiger partial charge in [0.1, 0.15) is 17.6 Å². The van der Waals surface area contributed by atoms with Crippen LogP contribution >= 0.6 is 11.6 Å². The molecule has 1 saturated heterocycles. The van der Waals surface area contributed by atoms with Crippen LogP contribution in [0.1, 0.15) is 45.4 Å². The van der Waals surface area contributed by atoms with Gasteiger partial charge in [-0.25, -0.2) is 9.40 Å². The molecule has 3 aliphatic carbocycles. The van der Waals surface area contributed by atoms with Crippen LogP contribution in [0.3, 0.4) is 0 Å². The van der Waals surface area contributed by atoms with Gasteiger partial charge in [-0.3, -0.25) is 15.0 Å². The summed E-state index contributed by atoms with van der Waals surface area (Å²) >= 11 is 5.66. The van der Waals surface area contributed by atoms with Crippen molar-refractivity contribution < 1.29 is 28.9 Å². The second-order valence-corrected chi connectivity index (χ2v) is 10.2. The van der Waals surface area contributed by atoms with Crippen LogP contribution in [-0.2, 0) is 9.59 Å². The molecular formula is C23H32ClFN4O5. The Balaban J connectivity index is 1.26. The molecule has 3 saturated carbocycles. The van der Waals surface area contributed by atoms with E-state index >= 15 is 0 Å². The Labute approximate surface area is 202 Å². The molecule has 5 N–H and O–H groups in total. The number of halogens is 2. The fourth-order valence-corrected chi connectivity index (χ4v) is 5.68. The number of aliphatic hydroxyl groups excluding tert-OH is 1. The maximum Gasteiger partial charge on any atom is 0.322 e. The van der Waals surface area contributed by atoms with Crippen LogP contribution in [0.5, 0.6) is 5.75 Å². The zero-order valence-electron chi connectivity index (χ0n) is 19.2. The average Bonchev–Trinajstić information content (AvgIpc) is 3.16. The zero-order chi connectivity index (χ0) is 24.5. The molecule has 0 radical (unpaired) electrons. The molecule has 188 valence electrons. The van der Waals surface area contributed by atoms with Crippen molar-refractivity contribution in [3.8, 4) is 5.75 Å². The molecule has 5 rings (SSSR count). The first-order valence-corrected chi connectivity index (χ1v) is 12.1. The number of benzene rings is 1. The van der Waals surface area contributed by atoms with E-state index in [-0.39, 0.29) is 29.3 Å². The molecule has 9 nitrogen and oxygen atoms in total. The summed E-state index contributed by atoms with van der Waals surface area (Å²) < 4.78 is 18.9. The van der Waals surface area contributed by atoms with Crippen molar-refractivity contribution in [2.75, 3.05) is 19.7 Å². The monoisotopic (exact) mass is 498 g/mol. The van der Waals surface area contributed by atoms with E-state index in [9.17, 15) is 24.2 Å².